The first-order valence-electron chi connectivity index (χ1n) is 8.82. The lowest BCUT2D eigenvalue weighted by molar-refractivity contribution is 0.0948. The first-order valence-corrected chi connectivity index (χ1v) is 8.82. The number of anilines is 1. The number of rotatable bonds is 8. The van der Waals surface area contributed by atoms with Crippen molar-refractivity contribution in [2.24, 2.45) is 0 Å². The molecule has 1 aromatic carbocycles. The van der Waals surface area contributed by atoms with Crippen LogP contribution in [0, 0.1) is 0 Å². The standard InChI is InChI=1S/C20H25N3O3/c1-4-5-11-22-20(25)18-13-15(10-12-21-18)19(24)23-16-6-8-17(9-7-16)26-14(2)3/h6-10,12-14H,4-5,11H2,1-3H3,(H,22,25)(H,23,24). The van der Waals surface area contributed by atoms with Crippen LogP contribution in [0.5, 0.6) is 5.75 Å². The van der Waals surface area contributed by atoms with Crippen LogP contribution in [-0.2, 0) is 0 Å². The molecule has 0 aliphatic rings. The third kappa shape index (κ3) is 5.88. The molecule has 6 nitrogen and oxygen atoms in total. The van der Waals surface area contributed by atoms with Gasteiger partial charge in [0.05, 0.1) is 6.10 Å². The van der Waals surface area contributed by atoms with E-state index in [1.165, 1.54) is 12.3 Å². The summed E-state index contributed by atoms with van der Waals surface area (Å²) in [5, 5.41) is 5.59. The van der Waals surface area contributed by atoms with E-state index in [9.17, 15) is 9.59 Å². The molecule has 2 rings (SSSR count). The summed E-state index contributed by atoms with van der Waals surface area (Å²) in [5.41, 5.74) is 1.26. The Balaban J connectivity index is 2.01. The number of nitrogens with one attached hydrogen (secondary N) is 2. The van der Waals surface area contributed by atoms with Gasteiger partial charge in [-0.2, -0.15) is 0 Å². The molecule has 0 aliphatic carbocycles. The van der Waals surface area contributed by atoms with Crippen LogP contribution in [0.2, 0.25) is 0 Å². The zero-order valence-corrected chi connectivity index (χ0v) is 15.4. The number of hydrogen-bond donors (Lipinski definition) is 2. The number of unbranched alkanes of at least 4 members (excludes halogenated alkanes) is 1. The second-order valence-corrected chi connectivity index (χ2v) is 6.18. The van der Waals surface area contributed by atoms with Crippen LogP contribution in [0.25, 0.3) is 0 Å². The van der Waals surface area contributed by atoms with Gasteiger partial charge in [0.2, 0.25) is 0 Å². The van der Waals surface area contributed by atoms with Crippen molar-refractivity contribution in [3.05, 3.63) is 53.9 Å². The molecule has 26 heavy (non-hydrogen) atoms. The van der Waals surface area contributed by atoms with Gasteiger partial charge >= 0.3 is 0 Å². The lowest BCUT2D eigenvalue weighted by atomic mass is 10.2. The summed E-state index contributed by atoms with van der Waals surface area (Å²) in [7, 11) is 0. The van der Waals surface area contributed by atoms with Gasteiger partial charge in [0.15, 0.2) is 0 Å². The summed E-state index contributed by atoms with van der Waals surface area (Å²) in [6.45, 7) is 6.55. The maximum absolute atomic E-state index is 12.4. The molecule has 1 aromatic heterocycles. The van der Waals surface area contributed by atoms with E-state index < -0.39 is 0 Å². The van der Waals surface area contributed by atoms with Crippen molar-refractivity contribution >= 4 is 17.5 Å². The summed E-state index contributed by atoms with van der Waals surface area (Å²) in [6.07, 6.45) is 3.46. The van der Waals surface area contributed by atoms with Crippen molar-refractivity contribution in [1.82, 2.24) is 10.3 Å². The van der Waals surface area contributed by atoms with E-state index in [0.717, 1.165) is 18.6 Å². The number of pyridine rings is 1. The highest BCUT2D eigenvalue weighted by atomic mass is 16.5. The zero-order chi connectivity index (χ0) is 18.9. The quantitative estimate of drug-likeness (QED) is 0.708. The molecule has 0 atom stereocenters. The van der Waals surface area contributed by atoms with Crippen LogP contribution in [0.3, 0.4) is 0 Å². The molecule has 1 heterocycles. The lowest BCUT2D eigenvalue weighted by Gasteiger charge is -2.11. The smallest absolute Gasteiger partial charge is 0.269 e. The van der Waals surface area contributed by atoms with Crippen LogP contribution < -0.4 is 15.4 Å². The maximum Gasteiger partial charge on any atom is 0.269 e. The molecule has 0 spiro atoms. The number of benzene rings is 1. The number of hydrogen-bond acceptors (Lipinski definition) is 4. The Hall–Kier alpha value is -2.89. The van der Waals surface area contributed by atoms with E-state index >= 15 is 0 Å². The number of ether oxygens (including phenoxy) is 1. The maximum atomic E-state index is 12.4. The Morgan fingerprint density at radius 3 is 2.50 bits per heavy atom. The fourth-order valence-electron chi connectivity index (χ4n) is 2.26. The molecule has 0 saturated heterocycles. The largest absolute Gasteiger partial charge is 0.491 e. The van der Waals surface area contributed by atoms with Gasteiger partial charge in [-0.15, -0.1) is 0 Å². The molecule has 138 valence electrons. The Bertz CT molecular complexity index is 742. The molecule has 0 saturated carbocycles. The van der Waals surface area contributed by atoms with Crippen LogP contribution in [0.1, 0.15) is 54.5 Å². The summed E-state index contributed by atoms with van der Waals surface area (Å²) in [4.78, 5) is 28.5. The zero-order valence-electron chi connectivity index (χ0n) is 15.4. The van der Waals surface area contributed by atoms with Gasteiger partial charge in [0.25, 0.3) is 11.8 Å². The topological polar surface area (TPSA) is 80.3 Å². The third-order valence-corrected chi connectivity index (χ3v) is 3.55. The molecule has 2 N–H and O–H groups in total. The average molecular weight is 355 g/mol. The molecule has 0 fully saturated rings. The van der Waals surface area contributed by atoms with Gasteiger partial charge in [-0.3, -0.25) is 14.6 Å². The van der Waals surface area contributed by atoms with Crippen molar-refractivity contribution in [2.75, 3.05) is 11.9 Å². The molecule has 0 radical (unpaired) electrons. The minimum absolute atomic E-state index is 0.0918. The van der Waals surface area contributed by atoms with Crippen LogP contribution in [0.15, 0.2) is 42.6 Å². The molecule has 2 amide bonds. The predicted octanol–water partition coefficient (Wildman–Crippen LogP) is 3.65. The first-order chi connectivity index (χ1) is 12.5. The molecular formula is C20H25N3O3. The normalized spacial score (nSPS) is 10.5. The Kier molecular flexibility index (Phi) is 7.14. The molecule has 0 unspecified atom stereocenters. The Morgan fingerprint density at radius 1 is 1.12 bits per heavy atom. The van der Waals surface area contributed by atoms with Crippen molar-refractivity contribution < 1.29 is 14.3 Å². The summed E-state index contributed by atoms with van der Waals surface area (Å²) in [5.74, 6) is 0.170. The van der Waals surface area contributed by atoms with Crippen molar-refractivity contribution in [2.45, 2.75) is 39.7 Å². The highest BCUT2D eigenvalue weighted by Crippen LogP contribution is 2.17. The van der Waals surface area contributed by atoms with Crippen molar-refractivity contribution in [3.8, 4) is 5.75 Å². The van der Waals surface area contributed by atoms with Gasteiger partial charge < -0.3 is 15.4 Å². The molecule has 2 aromatic rings. The lowest BCUT2D eigenvalue weighted by Crippen LogP contribution is -2.25. The Morgan fingerprint density at radius 2 is 1.85 bits per heavy atom. The average Bonchev–Trinajstić information content (AvgIpc) is 2.63. The first kappa shape index (κ1) is 19.4. The predicted molar refractivity (Wildman–Crippen MR) is 102 cm³/mol. The number of aromatic nitrogens is 1. The number of nitrogens with zero attached hydrogens (tertiary/aromatic N) is 1. The molecule has 6 heteroatoms. The van der Waals surface area contributed by atoms with Crippen LogP contribution in [0.4, 0.5) is 5.69 Å². The van der Waals surface area contributed by atoms with E-state index in [0.29, 0.717) is 17.8 Å². The number of carbonyl (C=O) groups excluding carboxylic acids is 2. The summed E-state index contributed by atoms with van der Waals surface area (Å²) < 4.78 is 5.58. The van der Waals surface area contributed by atoms with Crippen LogP contribution >= 0.6 is 0 Å². The number of carbonyl (C=O) groups is 2. The molecule has 0 bridgehead atoms. The van der Waals surface area contributed by atoms with E-state index in [2.05, 4.69) is 22.5 Å². The van der Waals surface area contributed by atoms with Crippen LogP contribution in [-0.4, -0.2) is 29.4 Å². The second kappa shape index (κ2) is 9.56. The summed E-state index contributed by atoms with van der Waals surface area (Å²) >= 11 is 0. The minimum atomic E-state index is -0.299. The van der Waals surface area contributed by atoms with Gasteiger partial charge in [0.1, 0.15) is 11.4 Å². The highest BCUT2D eigenvalue weighted by molar-refractivity contribution is 6.05. The highest BCUT2D eigenvalue weighted by Gasteiger charge is 2.12. The van der Waals surface area contributed by atoms with Gasteiger partial charge in [0, 0.05) is 24.0 Å². The fraction of sp³-hybridized carbons (Fsp3) is 0.350. The number of amides is 2. The van der Waals surface area contributed by atoms with E-state index in [1.54, 1.807) is 30.3 Å². The van der Waals surface area contributed by atoms with Gasteiger partial charge in [-0.25, -0.2) is 0 Å². The Labute approximate surface area is 154 Å². The molecular weight excluding hydrogens is 330 g/mol. The van der Waals surface area contributed by atoms with Crippen molar-refractivity contribution in [3.63, 3.8) is 0 Å². The minimum Gasteiger partial charge on any atom is -0.491 e. The van der Waals surface area contributed by atoms with E-state index in [1.807, 2.05) is 13.8 Å². The SMILES string of the molecule is CCCCNC(=O)c1cc(C(=O)Nc2ccc(OC(C)C)cc2)ccn1. The molecule has 0 aliphatic heterocycles. The van der Waals surface area contributed by atoms with E-state index in [-0.39, 0.29) is 23.6 Å². The van der Waals surface area contributed by atoms with Crippen molar-refractivity contribution in [1.29, 1.82) is 0 Å². The fourth-order valence-corrected chi connectivity index (χ4v) is 2.26. The second-order valence-electron chi connectivity index (χ2n) is 6.18. The summed E-state index contributed by atoms with van der Waals surface area (Å²) in [6, 6.07) is 10.2. The van der Waals surface area contributed by atoms with Gasteiger partial charge in [-0.05, 0) is 56.7 Å². The monoisotopic (exact) mass is 355 g/mol. The third-order valence-electron chi connectivity index (χ3n) is 3.55. The van der Waals surface area contributed by atoms with Gasteiger partial charge in [-0.1, -0.05) is 13.3 Å². The van der Waals surface area contributed by atoms with E-state index in [4.69, 9.17) is 4.74 Å².